The monoisotopic (exact) mass is 314 g/mol. The van der Waals surface area contributed by atoms with Crippen LogP contribution in [0.15, 0.2) is 91.3 Å². The van der Waals surface area contributed by atoms with Gasteiger partial charge in [-0.25, -0.2) is 0 Å². The van der Waals surface area contributed by atoms with Crippen molar-refractivity contribution in [2.45, 2.75) is 25.6 Å². The normalized spacial score (nSPS) is 20.0. The van der Waals surface area contributed by atoms with Gasteiger partial charge in [0.05, 0.1) is 5.70 Å². The van der Waals surface area contributed by atoms with E-state index in [9.17, 15) is 0 Å². The van der Waals surface area contributed by atoms with Gasteiger partial charge in [0.15, 0.2) is 0 Å². The van der Waals surface area contributed by atoms with Crippen molar-refractivity contribution in [2.24, 2.45) is 0 Å². The molecule has 0 fully saturated rings. The summed E-state index contributed by atoms with van der Waals surface area (Å²) in [4.78, 5) is 4.83. The topological polar surface area (TPSA) is 6.48 Å². The summed E-state index contributed by atoms with van der Waals surface area (Å²) in [5.41, 5.74) is 3.94. The maximum absolute atomic E-state index is 2.53. The standard InChI is InChI=1S/C22H22N2/c1-18(16-19-10-4-2-5-11-19)24-21(20-12-6-3-7-13-20)17-23-15-9-8-14-22(23)24/h2-15,17-18,22H,16H2,1H3. The van der Waals surface area contributed by atoms with Crippen molar-refractivity contribution in [1.82, 2.24) is 9.80 Å². The van der Waals surface area contributed by atoms with E-state index in [2.05, 4.69) is 108 Å². The fraction of sp³-hybridized carbons (Fsp3) is 0.182. The molecule has 0 saturated heterocycles. The molecule has 2 aliphatic rings. The van der Waals surface area contributed by atoms with Gasteiger partial charge < -0.3 is 9.80 Å². The zero-order valence-corrected chi connectivity index (χ0v) is 13.9. The predicted octanol–water partition coefficient (Wildman–Crippen LogP) is 4.64. The molecule has 2 aromatic rings. The Hall–Kier alpha value is -2.74. The number of nitrogens with zero attached hydrogens (tertiary/aromatic N) is 2. The summed E-state index contributed by atoms with van der Waals surface area (Å²) in [5, 5.41) is 0. The third kappa shape index (κ3) is 2.76. The van der Waals surface area contributed by atoms with Crippen LogP contribution in [0.1, 0.15) is 18.1 Å². The minimum absolute atomic E-state index is 0.268. The lowest BCUT2D eigenvalue weighted by atomic mass is 10.0. The Bertz CT molecular complexity index is 774. The van der Waals surface area contributed by atoms with Gasteiger partial charge in [-0.15, -0.1) is 0 Å². The maximum Gasteiger partial charge on any atom is 0.125 e. The van der Waals surface area contributed by atoms with Crippen molar-refractivity contribution in [2.75, 3.05) is 0 Å². The van der Waals surface area contributed by atoms with Crippen LogP contribution in [0.3, 0.4) is 0 Å². The van der Waals surface area contributed by atoms with Crippen LogP contribution in [-0.4, -0.2) is 22.0 Å². The van der Waals surface area contributed by atoms with Crippen molar-refractivity contribution >= 4 is 5.70 Å². The lowest BCUT2D eigenvalue weighted by molar-refractivity contribution is 0.199. The molecule has 0 saturated carbocycles. The lowest BCUT2D eigenvalue weighted by Crippen LogP contribution is -2.42. The van der Waals surface area contributed by atoms with E-state index in [-0.39, 0.29) is 6.17 Å². The van der Waals surface area contributed by atoms with Gasteiger partial charge in [-0.1, -0.05) is 66.7 Å². The zero-order valence-electron chi connectivity index (χ0n) is 13.9. The number of hydrogen-bond donors (Lipinski definition) is 0. The van der Waals surface area contributed by atoms with Crippen LogP contribution in [-0.2, 0) is 6.42 Å². The Labute approximate surface area is 144 Å². The van der Waals surface area contributed by atoms with E-state index in [0.717, 1.165) is 6.42 Å². The van der Waals surface area contributed by atoms with Gasteiger partial charge in [-0.05, 0) is 36.6 Å². The molecule has 0 amide bonds. The van der Waals surface area contributed by atoms with Crippen LogP contribution in [0.4, 0.5) is 0 Å². The molecule has 0 aromatic heterocycles. The first kappa shape index (κ1) is 14.8. The largest absolute Gasteiger partial charge is 0.343 e. The SMILES string of the molecule is CC(Cc1ccccc1)N1C(c2ccccc2)=CN2C=CC=CC21. The molecule has 120 valence electrons. The predicted molar refractivity (Wildman–Crippen MR) is 99.8 cm³/mol. The van der Waals surface area contributed by atoms with Gasteiger partial charge in [0, 0.05) is 18.4 Å². The van der Waals surface area contributed by atoms with Gasteiger partial charge in [-0.2, -0.15) is 0 Å². The van der Waals surface area contributed by atoms with Crippen molar-refractivity contribution in [3.8, 4) is 0 Å². The molecule has 0 N–H and O–H groups in total. The van der Waals surface area contributed by atoms with Crippen molar-refractivity contribution < 1.29 is 0 Å². The highest BCUT2D eigenvalue weighted by Gasteiger charge is 2.33. The number of rotatable bonds is 4. The summed E-state index contributed by atoms with van der Waals surface area (Å²) in [7, 11) is 0. The second-order valence-electron chi connectivity index (χ2n) is 6.41. The molecule has 2 unspecified atom stereocenters. The summed E-state index contributed by atoms with van der Waals surface area (Å²) in [5.74, 6) is 0. The quantitative estimate of drug-likeness (QED) is 0.811. The summed E-state index contributed by atoms with van der Waals surface area (Å²) < 4.78 is 0. The molecule has 0 aliphatic carbocycles. The van der Waals surface area contributed by atoms with Gasteiger partial charge in [-0.3, -0.25) is 0 Å². The minimum atomic E-state index is 0.268. The van der Waals surface area contributed by atoms with E-state index >= 15 is 0 Å². The van der Waals surface area contributed by atoms with Crippen LogP contribution in [0.25, 0.3) is 5.70 Å². The van der Waals surface area contributed by atoms with Crippen LogP contribution < -0.4 is 0 Å². The van der Waals surface area contributed by atoms with E-state index in [1.807, 2.05) is 0 Å². The first-order valence-corrected chi connectivity index (χ1v) is 8.55. The Balaban J connectivity index is 1.66. The van der Waals surface area contributed by atoms with Crippen molar-refractivity contribution in [3.63, 3.8) is 0 Å². The minimum Gasteiger partial charge on any atom is -0.343 e. The van der Waals surface area contributed by atoms with Crippen LogP contribution in [0, 0.1) is 0 Å². The molecular formula is C22H22N2. The van der Waals surface area contributed by atoms with Crippen LogP contribution in [0.2, 0.25) is 0 Å². The van der Waals surface area contributed by atoms with Gasteiger partial charge in [0.1, 0.15) is 6.17 Å². The molecule has 0 radical (unpaired) electrons. The third-order valence-corrected chi connectivity index (χ3v) is 4.71. The Morgan fingerprint density at radius 2 is 1.62 bits per heavy atom. The van der Waals surface area contributed by atoms with Gasteiger partial charge >= 0.3 is 0 Å². The summed E-state index contributed by atoms with van der Waals surface area (Å²) in [6.45, 7) is 2.32. The van der Waals surface area contributed by atoms with E-state index < -0.39 is 0 Å². The van der Waals surface area contributed by atoms with E-state index in [1.54, 1.807) is 0 Å². The molecule has 2 atom stereocenters. The van der Waals surface area contributed by atoms with Gasteiger partial charge in [0.25, 0.3) is 0 Å². The number of fused-ring (bicyclic) bond motifs is 1. The molecular weight excluding hydrogens is 292 g/mol. The molecule has 2 aromatic carbocycles. The highest BCUT2D eigenvalue weighted by atomic mass is 15.4. The molecule has 0 spiro atoms. The van der Waals surface area contributed by atoms with Crippen molar-refractivity contribution in [3.05, 3.63) is 102 Å². The highest BCUT2D eigenvalue weighted by Crippen LogP contribution is 2.35. The number of benzene rings is 2. The molecule has 0 bridgehead atoms. The molecule has 24 heavy (non-hydrogen) atoms. The molecule has 2 heteroatoms. The molecule has 2 heterocycles. The maximum atomic E-state index is 2.53. The molecule has 2 nitrogen and oxygen atoms in total. The Kier molecular flexibility index (Phi) is 3.96. The fourth-order valence-corrected chi connectivity index (χ4v) is 3.59. The first-order chi connectivity index (χ1) is 11.8. The number of hydrogen-bond acceptors (Lipinski definition) is 2. The molecule has 4 rings (SSSR count). The second-order valence-corrected chi connectivity index (χ2v) is 6.41. The van der Waals surface area contributed by atoms with E-state index in [4.69, 9.17) is 0 Å². The highest BCUT2D eigenvalue weighted by molar-refractivity contribution is 5.67. The first-order valence-electron chi connectivity index (χ1n) is 8.55. The van der Waals surface area contributed by atoms with E-state index in [1.165, 1.54) is 16.8 Å². The average Bonchev–Trinajstić information content (AvgIpc) is 3.03. The Morgan fingerprint density at radius 1 is 0.917 bits per heavy atom. The lowest BCUT2D eigenvalue weighted by Gasteiger charge is -2.37. The van der Waals surface area contributed by atoms with E-state index in [0.29, 0.717) is 6.04 Å². The number of allylic oxidation sites excluding steroid dienone is 2. The Morgan fingerprint density at radius 3 is 2.38 bits per heavy atom. The molecule has 2 aliphatic heterocycles. The average molecular weight is 314 g/mol. The summed E-state index contributed by atoms with van der Waals surface area (Å²) in [6, 6.07) is 21.8. The zero-order chi connectivity index (χ0) is 16.4. The van der Waals surface area contributed by atoms with Crippen LogP contribution >= 0.6 is 0 Å². The summed E-state index contributed by atoms with van der Waals surface area (Å²) >= 11 is 0. The fourth-order valence-electron chi connectivity index (χ4n) is 3.59. The van der Waals surface area contributed by atoms with Crippen molar-refractivity contribution in [1.29, 1.82) is 0 Å². The second kappa shape index (κ2) is 6.40. The summed E-state index contributed by atoms with van der Waals surface area (Å²) in [6.07, 6.45) is 12.2. The van der Waals surface area contributed by atoms with Crippen LogP contribution in [0.5, 0.6) is 0 Å². The third-order valence-electron chi connectivity index (χ3n) is 4.71. The van der Waals surface area contributed by atoms with Gasteiger partial charge in [0.2, 0.25) is 0 Å². The smallest absolute Gasteiger partial charge is 0.125 e.